The zero-order chi connectivity index (χ0) is 20.7. The van der Waals surface area contributed by atoms with Crippen molar-refractivity contribution >= 4 is 31.9 Å². The molecule has 0 atom stereocenters. The highest BCUT2D eigenvalue weighted by Gasteiger charge is 2.31. The van der Waals surface area contributed by atoms with Crippen LogP contribution in [-0.2, 0) is 25.3 Å². The van der Waals surface area contributed by atoms with Crippen LogP contribution in [0.4, 0.5) is 0 Å². The highest BCUT2D eigenvalue weighted by molar-refractivity contribution is 9.10. The maximum absolute atomic E-state index is 12.7. The van der Waals surface area contributed by atoms with Crippen LogP contribution < -0.4 is 5.32 Å². The summed E-state index contributed by atoms with van der Waals surface area (Å²) < 4.78 is 33.1. The molecule has 1 aromatic rings. The summed E-state index contributed by atoms with van der Waals surface area (Å²) in [4.78, 5) is 14.8. The SMILES string of the molecule is O=C(NCCCN1CCOCC1)C1CCN(S(=O)(=O)Cc2ccc(Br)cc2)CC1. The number of benzene rings is 1. The quantitative estimate of drug-likeness (QED) is 0.565. The Labute approximate surface area is 182 Å². The summed E-state index contributed by atoms with van der Waals surface area (Å²) in [5, 5.41) is 3.02. The fraction of sp³-hybridized carbons (Fsp3) is 0.650. The van der Waals surface area contributed by atoms with E-state index in [1.165, 1.54) is 4.31 Å². The number of sulfonamides is 1. The molecule has 0 unspecified atom stereocenters. The van der Waals surface area contributed by atoms with Crippen LogP contribution in [0.2, 0.25) is 0 Å². The van der Waals surface area contributed by atoms with Crippen molar-refractivity contribution in [1.82, 2.24) is 14.5 Å². The van der Waals surface area contributed by atoms with Crippen LogP contribution in [0.5, 0.6) is 0 Å². The van der Waals surface area contributed by atoms with Crippen molar-refractivity contribution in [2.24, 2.45) is 5.92 Å². The number of carbonyl (C=O) groups is 1. The number of halogens is 1. The molecule has 0 bridgehead atoms. The van der Waals surface area contributed by atoms with Crippen LogP contribution in [0, 0.1) is 5.92 Å². The molecule has 0 aliphatic carbocycles. The molecule has 3 rings (SSSR count). The third kappa shape index (κ3) is 7.03. The Bertz CT molecular complexity index is 758. The minimum atomic E-state index is -3.36. The Hall–Kier alpha value is -1.00. The van der Waals surface area contributed by atoms with Crippen molar-refractivity contribution in [3.63, 3.8) is 0 Å². The first-order chi connectivity index (χ1) is 13.9. The van der Waals surface area contributed by atoms with Gasteiger partial charge in [0.25, 0.3) is 0 Å². The zero-order valence-corrected chi connectivity index (χ0v) is 19.1. The number of ether oxygens (including phenoxy) is 1. The number of nitrogens with zero attached hydrogens (tertiary/aromatic N) is 2. The molecule has 2 fully saturated rings. The molecule has 0 saturated carbocycles. The summed E-state index contributed by atoms with van der Waals surface area (Å²) in [5.41, 5.74) is 0.772. The van der Waals surface area contributed by atoms with Crippen molar-refractivity contribution in [2.75, 3.05) is 52.5 Å². The van der Waals surface area contributed by atoms with Crippen molar-refractivity contribution in [2.45, 2.75) is 25.0 Å². The summed E-state index contributed by atoms with van der Waals surface area (Å²) in [7, 11) is -3.36. The van der Waals surface area contributed by atoms with E-state index < -0.39 is 10.0 Å². The Kier molecular flexibility index (Phi) is 8.49. The summed E-state index contributed by atoms with van der Waals surface area (Å²) in [6.07, 6.45) is 2.08. The molecule has 2 aliphatic heterocycles. The highest BCUT2D eigenvalue weighted by atomic mass is 79.9. The van der Waals surface area contributed by atoms with Gasteiger partial charge in [-0.25, -0.2) is 12.7 Å². The second kappa shape index (κ2) is 10.9. The number of hydrogen-bond acceptors (Lipinski definition) is 5. The van der Waals surface area contributed by atoms with Crippen molar-refractivity contribution in [1.29, 1.82) is 0 Å². The average molecular weight is 488 g/mol. The Morgan fingerprint density at radius 3 is 2.41 bits per heavy atom. The maximum Gasteiger partial charge on any atom is 0.223 e. The van der Waals surface area contributed by atoms with E-state index in [0.29, 0.717) is 32.5 Å². The Morgan fingerprint density at radius 1 is 1.10 bits per heavy atom. The largest absolute Gasteiger partial charge is 0.379 e. The van der Waals surface area contributed by atoms with E-state index in [-0.39, 0.29) is 17.6 Å². The number of hydrogen-bond donors (Lipinski definition) is 1. The van der Waals surface area contributed by atoms with Gasteiger partial charge >= 0.3 is 0 Å². The first-order valence-corrected chi connectivity index (χ1v) is 12.6. The van der Waals surface area contributed by atoms with Crippen LogP contribution in [0.3, 0.4) is 0 Å². The van der Waals surface area contributed by atoms with Crippen LogP contribution in [-0.4, -0.2) is 76.0 Å². The van der Waals surface area contributed by atoms with Crippen molar-refractivity contribution < 1.29 is 17.9 Å². The molecular formula is C20H30BrN3O4S. The summed E-state index contributed by atoms with van der Waals surface area (Å²) in [6.45, 7) is 5.94. The lowest BCUT2D eigenvalue weighted by molar-refractivity contribution is -0.126. The van der Waals surface area contributed by atoms with Crippen molar-refractivity contribution in [3.05, 3.63) is 34.3 Å². The molecule has 2 heterocycles. The van der Waals surface area contributed by atoms with E-state index in [9.17, 15) is 13.2 Å². The predicted octanol–water partition coefficient (Wildman–Crippen LogP) is 1.83. The van der Waals surface area contributed by atoms with E-state index in [1.807, 2.05) is 24.3 Å². The monoisotopic (exact) mass is 487 g/mol. The molecule has 7 nitrogen and oxygen atoms in total. The average Bonchev–Trinajstić information content (AvgIpc) is 2.73. The van der Waals surface area contributed by atoms with Gasteiger partial charge in [-0.15, -0.1) is 0 Å². The molecule has 0 spiro atoms. The van der Waals surface area contributed by atoms with Crippen LogP contribution in [0.15, 0.2) is 28.7 Å². The second-order valence-corrected chi connectivity index (χ2v) is 10.5. The van der Waals surface area contributed by atoms with Gasteiger partial charge in [-0.2, -0.15) is 0 Å². The Balaban J connectivity index is 1.37. The second-order valence-electron chi connectivity index (χ2n) is 7.65. The van der Waals surface area contributed by atoms with Crippen molar-refractivity contribution in [3.8, 4) is 0 Å². The molecule has 29 heavy (non-hydrogen) atoms. The number of morpholine rings is 1. The van der Waals surface area contributed by atoms with Crippen LogP contribution in [0.1, 0.15) is 24.8 Å². The molecule has 162 valence electrons. The van der Waals surface area contributed by atoms with Gasteiger partial charge in [-0.1, -0.05) is 28.1 Å². The molecule has 0 aromatic heterocycles. The number of amides is 1. The van der Waals surface area contributed by atoms with Crippen LogP contribution >= 0.6 is 15.9 Å². The molecule has 1 N–H and O–H groups in total. The molecule has 2 aliphatic rings. The molecule has 1 aromatic carbocycles. The summed E-state index contributed by atoms with van der Waals surface area (Å²) in [5.74, 6) is -0.0481. The first-order valence-electron chi connectivity index (χ1n) is 10.2. The minimum Gasteiger partial charge on any atom is -0.379 e. The van der Waals surface area contributed by atoms with Gasteiger partial charge in [0.1, 0.15) is 0 Å². The molecule has 2 saturated heterocycles. The van der Waals surface area contributed by atoms with Gasteiger partial charge in [-0.3, -0.25) is 9.69 Å². The van der Waals surface area contributed by atoms with Gasteiger partial charge in [0.2, 0.25) is 15.9 Å². The lowest BCUT2D eigenvalue weighted by Crippen LogP contribution is -2.44. The van der Waals surface area contributed by atoms with Gasteiger partial charge in [0.15, 0.2) is 0 Å². The number of rotatable bonds is 8. The first kappa shape index (κ1) is 22.7. The third-order valence-electron chi connectivity index (χ3n) is 5.53. The third-order valence-corrected chi connectivity index (χ3v) is 7.91. The van der Waals surface area contributed by atoms with E-state index in [2.05, 4.69) is 26.1 Å². The zero-order valence-electron chi connectivity index (χ0n) is 16.7. The number of nitrogens with one attached hydrogen (secondary N) is 1. The predicted molar refractivity (Wildman–Crippen MR) is 116 cm³/mol. The van der Waals surface area contributed by atoms with E-state index in [1.54, 1.807) is 0 Å². The molecule has 1 amide bonds. The standard InChI is InChI=1S/C20H30BrN3O4S/c21-19-4-2-17(3-5-19)16-29(26,27)24-10-6-18(7-11-24)20(25)22-8-1-9-23-12-14-28-15-13-23/h2-5,18H,1,6-16H2,(H,22,25). The molecule has 9 heteroatoms. The smallest absolute Gasteiger partial charge is 0.223 e. The topological polar surface area (TPSA) is 79.0 Å². The summed E-state index contributed by atoms with van der Waals surface area (Å²) >= 11 is 3.36. The van der Waals surface area contributed by atoms with E-state index >= 15 is 0 Å². The lowest BCUT2D eigenvalue weighted by Gasteiger charge is -2.30. The highest BCUT2D eigenvalue weighted by Crippen LogP contribution is 2.22. The van der Waals surface area contributed by atoms with Gasteiger partial charge in [0.05, 0.1) is 19.0 Å². The number of piperidine rings is 1. The fourth-order valence-electron chi connectivity index (χ4n) is 3.76. The maximum atomic E-state index is 12.7. The molecular weight excluding hydrogens is 458 g/mol. The van der Waals surface area contributed by atoms with E-state index in [4.69, 9.17) is 4.74 Å². The normalized spacial score (nSPS) is 19.9. The lowest BCUT2D eigenvalue weighted by atomic mass is 9.97. The Morgan fingerprint density at radius 2 is 1.76 bits per heavy atom. The minimum absolute atomic E-state index is 0.00131. The van der Waals surface area contributed by atoms with Crippen LogP contribution in [0.25, 0.3) is 0 Å². The molecule has 0 radical (unpaired) electrons. The number of carbonyl (C=O) groups excluding carboxylic acids is 1. The van der Waals surface area contributed by atoms with Gasteiger partial charge in [-0.05, 0) is 43.5 Å². The van der Waals surface area contributed by atoms with Gasteiger partial charge < -0.3 is 10.1 Å². The van der Waals surface area contributed by atoms with Gasteiger partial charge in [0, 0.05) is 43.1 Å². The van der Waals surface area contributed by atoms with E-state index in [0.717, 1.165) is 49.3 Å². The summed E-state index contributed by atoms with van der Waals surface area (Å²) in [6, 6.07) is 7.33. The fourth-order valence-corrected chi connectivity index (χ4v) is 5.59.